The monoisotopic (exact) mass is 438 g/mol. The summed E-state index contributed by atoms with van der Waals surface area (Å²) in [7, 11) is -3.73. The van der Waals surface area contributed by atoms with Crippen molar-refractivity contribution < 1.29 is 17.6 Å². The van der Waals surface area contributed by atoms with Crippen LogP contribution < -0.4 is 5.32 Å². The lowest BCUT2D eigenvalue weighted by atomic mass is 10.0. The molecule has 0 radical (unpaired) electrons. The van der Waals surface area contributed by atoms with Gasteiger partial charge in [-0.05, 0) is 53.8 Å². The Labute approximate surface area is 181 Å². The van der Waals surface area contributed by atoms with E-state index < -0.39 is 15.9 Å². The van der Waals surface area contributed by atoms with Crippen LogP contribution in [-0.4, -0.2) is 31.7 Å². The highest BCUT2D eigenvalue weighted by molar-refractivity contribution is 7.89. The van der Waals surface area contributed by atoms with Gasteiger partial charge in [0.05, 0.1) is 4.90 Å². The molecule has 0 fully saturated rings. The third-order valence-electron chi connectivity index (χ3n) is 5.47. The zero-order valence-electron chi connectivity index (χ0n) is 16.9. The van der Waals surface area contributed by atoms with Crippen molar-refractivity contribution in [1.82, 2.24) is 9.62 Å². The van der Waals surface area contributed by atoms with E-state index in [0.29, 0.717) is 31.5 Å². The molecule has 0 aliphatic carbocycles. The molecule has 4 rings (SSSR count). The molecule has 0 unspecified atom stereocenters. The van der Waals surface area contributed by atoms with E-state index >= 15 is 0 Å². The number of benzene rings is 3. The van der Waals surface area contributed by atoms with Crippen LogP contribution in [0, 0.1) is 5.82 Å². The fraction of sp³-hybridized carbons (Fsp3) is 0.208. The number of carbonyl (C=O) groups excluding carboxylic acids is 1. The molecule has 1 N–H and O–H groups in total. The molecule has 0 aromatic heterocycles. The van der Waals surface area contributed by atoms with Crippen LogP contribution in [0.4, 0.5) is 4.39 Å². The summed E-state index contributed by atoms with van der Waals surface area (Å²) in [6, 6.07) is 20.3. The smallest absolute Gasteiger partial charge is 0.251 e. The number of hydrogen-bond donors (Lipinski definition) is 1. The van der Waals surface area contributed by atoms with Gasteiger partial charge in [0.15, 0.2) is 0 Å². The Hall–Kier alpha value is -3.03. The summed E-state index contributed by atoms with van der Waals surface area (Å²) in [4.78, 5) is 12.6. The van der Waals surface area contributed by atoms with Crippen LogP contribution in [0.25, 0.3) is 0 Å². The average molecular weight is 439 g/mol. The van der Waals surface area contributed by atoms with Crippen molar-refractivity contribution in [2.24, 2.45) is 0 Å². The summed E-state index contributed by atoms with van der Waals surface area (Å²) in [6.07, 6.45) is 1.01. The standard InChI is InChI=1S/C24H23FN2O3S/c25-23-11-4-3-7-19(23)12-14-26-24(28)20-9-5-10-22(16-20)31(29,30)27-15-13-18-6-1-2-8-21(18)17-27/h1-11,16H,12-15,17H2,(H,26,28). The van der Waals surface area contributed by atoms with Gasteiger partial charge in [-0.2, -0.15) is 4.31 Å². The third-order valence-corrected chi connectivity index (χ3v) is 7.31. The van der Waals surface area contributed by atoms with Crippen LogP contribution in [0.1, 0.15) is 27.0 Å². The van der Waals surface area contributed by atoms with Crippen LogP contribution in [0.2, 0.25) is 0 Å². The first-order valence-corrected chi connectivity index (χ1v) is 11.6. The molecule has 0 spiro atoms. The Balaban J connectivity index is 1.45. The number of nitrogens with one attached hydrogen (secondary N) is 1. The molecule has 1 aliphatic rings. The van der Waals surface area contributed by atoms with E-state index in [2.05, 4.69) is 5.32 Å². The van der Waals surface area contributed by atoms with E-state index in [1.165, 1.54) is 22.5 Å². The van der Waals surface area contributed by atoms with Crippen molar-refractivity contribution in [1.29, 1.82) is 0 Å². The largest absolute Gasteiger partial charge is 0.352 e. The van der Waals surface area contributed by atoms with Gasteiger partial charge in [-0.3, -0.25) is 4.79 Å². The zero-order chi connectivity index (χ0) is 21.8. The van der Waals surface area contributed by atoms with Gasteiger partial charge in [-0.25, -0.2) is 12.8 Å². The Morgan fingerprint density at radius 1 is 0.968 bits per heavy atom. The molecule has 160 valence electrons. The normalized spacial score (nSPS) is 14.1. The van der Waals surface area contributed by atoms with Gasteiger partial charge in [0.2, 0.25) is 10.0 Å². The van der Waals surface area contributed by atoms with E-state index in [0.717, 1.165) is 11.1 Å². The van der Waals surface area contributed by atoms with Gasteiger partial charge >= 0.3 is 0 Å². The summed E-state index contributed by atoms with van der Waals surface area (Å²) in [6.45, 7) is 0.968. The van der Waals surface area contributed by atoms with Crippen LogP contribution in [0.5, 0.6) is 0 Å². The highest BCUT2D eigenvalue weighted by atomic mass is 32.2. The molecule has 0 saturated carbocycles. The van der Waals surface area contributed by atoms with Gasteiger partial charge < -0.3 is 5.32 Å². The number of carbonyl (C=O) groups is 1. The van der Waals surface area contributed by atoms with Gasteiger partial charge in [0.25, 0.3) is 5.91 Å². The molecule has 0 saturated heterocycles. The number of fused-ring (bicyclic) bond motifs is 1. The highest BCUT2D eigenvalue weighted by Crippen LogP contribution is 2.25. The summed E-state index contributed by atoms with van der Waals surface area (Å²) in [5.74, 6) is -0.703. The lowest BCUT2D eigenvalue weighted by Gasteiger charge is -2.28. The van der Waals surface area contributed by atoms with Crippen LogP contribution in [0.15, 0.2) is 77.7 Å². The molecule has 3 aromatic carbocycles. The first-order valence-electron chi connectivity index (χ1n) is 10.1. The zero-order valence-corrected chi connectivity index (χ0v) is 17.7. The first kappa shape index (κ1) is 21.2. The van der Waals surface area contributed by atoms with E-state index in [1.54, 1.807) is 30.3 Å². The molecule has 1 heterocycles. The second-order valence-corrected chi connectivity index (χ2v) is 9.42. The fourth-order valence-electron chi connectivity index (χ4n) is 3.74. The minimum atomic E-state index is -3.73. The summed E-state index contributed by atoms with van der Waals surface area (Å²) in [5, 5.41) is 2.73. The molecule has 1 amide bonds. The van der Waals surface area contributed by atoms with Gasteiger partial charge in [-0.15, -0.1) is 0 Å². The summed E-state index contributed by atoms with van der Waals surface area (Å²) >= 11 is 0. The summed E-state index contributed by atoms with van der Waals surface area (Å²) in [5.41, 5.74) is 2.94. The van der Waals surface area contributed by atoms with Crippen molar-refractivity contribution in [3.8, 4) is 0 Å². The van der Waals surface area contributed by atoms with Crippen molar-refractivity contribution >= 4 is 15.9 Å². The topological polar surface area (TPSA) is 66.5 Å². The molecule has 5 nitrogen and oxygen atoms in total. The molecule has 3 aromatic rings. The van der Waals surface area contributed by atoms with Crippen molar-refractivity contribution in [2.45, 2.75) is 24.3 Å². The SMILES string of the molecule is O=C(NCCc1ccccc1F)c1cccc(S(=O)(=O)N2CCc3ccccc3C2)c1. The van der Waals surface area contributed by atoms with Gasteiger partial charge in [0, 0.05) is 25.2 Å². The van der Waals surface area contributed by atoms with E-state index in [9.17, 15) is 17.6 Å². The molecule has 1 aliphatic heterocycles. The number of rotatable bonds is 6. The number of amides is 1. The predicted molar refractivity (Wildman–Crippen MR) is 117 cm³/mol. The first-order chi connectivity index (χ1) is 14.9. The van der Waals surface area contributed by atoms with Crippen molar-refractivity contribution in [3.63, 3.8) is 0 Å². The minimum Gasteiger partial charge on any atom is -0.352 e. The molecule has 7 heteroatoms. The van der Waals surface area contributed by atoms with Crippen LogP contribution >= 0.6 is 0 Å². The van der Waals surface area contributed by atoms with Gasteiger partial charge in [-0.1, -0.05) is 48.5 Å². The average Bonchev–Trinajstić information content (AvgIpc) is 2.80. The maximum Gasteiger partial charge on any atom is 0.251 e. The van der Waals surface area contributed by atoms with Gasteiger partial charge in [0.1, 0.15) is 5.82 Å². The number of halogens is 1. The Morgan fingerprint density at radius 3 is 2.52 bits per heavy atom. The Kier molecular flexibility index (Phi) is 6.15. The maximum atomic E-state index is 13.7. The lowest BCUT2D eigenvalue weighted by molar-refractivity contribution is 0.0954. The number of nitrogens with zero attached hydrogens (tertiary/aromatic N) is 1. The quantitative estimate of drug-likeness (QED) is 0.640. The fourth-order valence-corrected chi connectivity index (χ4v) is 5.20. The van der Waals surface area contributed by atoms with E-state index in [-0.39, 0.29) is 22.8 Å². The van der Waals surface area contributed by atoms with Crippen LogP contribution in [-0.2, 0) is 29.4 Å². The lowest BCUT2D eigenvalue weighted by Crippen LogP contribution is -2.36. The highest BCUT2D eigenvalue weighted by Gasteiger charge is 2.28. The van der Waals surface area contributed by atoms with E-state index in [1.807, 2.05) is 24.3 Å². The second-order valence-electron chi connectivity index (χ2n) is 7.48. The molecular weight excluding hydrogens is 415 g/mol. The molecular formula is C24H23FN2O3S. The van der Waals surface area contributed by atoms with Crippen molar-refractivity contribution in [3.05, 3.63) is 101 Å². The number of hydrogen-bond acceptors (Lipinski definition) is 3. The Bertz CT molecular complexity index is 1210. The van der Waals surface area contributed by atoms with Crippen molar-refractivity contribution in [2.75, 3.05) is 13.1 Å². The molecule has 0 atom stereocenters. The number of sulfonamides is 1. The molecule has 31 heavy (non-hydrogen) atoms. The predicted octanol–water partition coefficient (Wildman–Crippen LogP) is 3.55. The molecule has 0 bridgehead atoms. The van der Waals surface area contributed by atoms with Crippen LogP contribution in [0.3, 0.4) is 0 Å². The van der Waals surface area contributed by atoms with E-state index in [4.69, 9.17) is 0 Å². The Morgan fingerprint density at radius 2 is 1.71 bits per heavy atom. The second kappa shape index (κ2) is 8.99. The maximum absolute atomic E-state index is 13.7. The summed E-state index contributed by atoms with van der Waals surface area (Å²) < 4.78 is 41.5. The third kappa shape index (κ3) is 4.68. The minimum absolute atomic E-state index is 0.0913.